The molecule has 4 aromatic rings. The molecule has 4 rings (SSSR count). The van der Waals surface area contributed by atoms with Crippen LogP contribution < -0.4 is 9.62 Å². The van der Waals surface area contributed by atoms with Gasteiger partial charge < -0.3 is 10.2 Å². The molecule has 0 bridgehead atoms. The number of carbonyl (C=O) groups is 2. The highest BCUT2D eigenvalue weighted by atomic mass is 79.9. The fourth-order valence-corrected chi connectivity index (χ4v) is 6.99. The van der Waals surface area contributed by atoms with Crippen LogP contribution in [0.4, 0.5) is 5.69 Å². The van der Waals surface area contributed by atoms with E-state index in [1.807, 2.05) is 87.5 Å². The SMILES string of the molecule is CC(C)c1ccc(N(CC(=O)N(Cc2cccc(Br)c2)[C@@H](Cc2ccccc2)C(=O)NC(C)(C)C)S(=O)(=O)c2ccccc2)cc1. The predicted molar refractivity (Wildman–Crippen MR) is 188 cm³/mol. The molecule has 1 atom stereocenters. The Morgan fingerprint density at radius 1 is 0.804 bits per heavy atom. The third kappa shape index (κ3) is 9.30. The minimum atomic E-state index is -4.15. The second-order valence-electron chi connectivity index (χ2n) is 12.7. The zero-order chi connectivity index (χ0) is 33.5. The van der Waals surface area contributed by atoms with Crippen molar-refractivity contribution in [1.29, 1.82) is 0 Å². The number of anilines is 1. The van der Waals surface area contributed by atoms with Crippen LogP contribution in [0.5, 0.6) is 0 Å². The molecule has 7 nitrogen and oxygen atoms in total. The van der Waals surface area contributed by atoms with Crippen molar-refractivity contribution in [3.63, 3.8) is 0 Å². The van der Waals surface area contributed by atoms with E-state index in [2.05, 4.69) is 35.1 Å². The van der Waals surface area contributed by atoms with Gasteiger partial charge >= 0.3 is 0 Å². The van der Waals surface area contributed by atoms with Crippen LogP contribution in [0.2, 0.25) is 0 Å². The summed E-state index contributed by atoms with van der Waals surface area (Å²) in [7, 11) is -4.15. The van der Waals surface area contributed by atoms with Gasteiger partial charge in [0.15, 0.2) is 0 Å². The summed E-state index contributed by atoms with van der Waals surface area (Å²) in [6.07, 6.45) is 0.247. The molecule has 0 fully saturated rings. The van der Waals surface area contributed by atoms with Crippen LogP contribution in [0.15, 0.2) is 119 Å². The largest absolute Gasteiger partial charge is 0.350 e. The smallest absolute Gasteiger partial charge is 0.264 e. The summed E-state index contributed by atoms with van der Waals surface area (Å²) in [6, 6.07) is 31.4. The molecule has 9 heteroatoms. The number of amides is 2. The number of carbonyl (C=O) groups excluding carboxylic acids is 2. The van der Waals surface area contributed by atoms with E-state index in [4.69, 9.17) is 0 Å². The van der Waals surface area contributed by atoms with Gasteiger partial charge in [0.2, 0.25) is 11.8 Å². The molecule has 242 valence electrons. The zero-order valence-electron chi connectivity index (χ0n) is 27.0. The average molecular weight is 705 g/mol. The van der Waals surface area contributed by atoms with Gasteiger partial charge in [-0.05, 0) is 79.8 Å². The molecule has 0 aromatic heterocycles. The maximum absolute atomic E-state index is 14.6. The topological polar surface area (TPSA) is 86.8 Å². The van der Waals surface area contributed by atoms with Crippen molar-refractivity contribution < 1.29 is 18.0 Å². The first-order chi connectivity index (χ1) is 21.7. The molecule has 0 aliphatic rings. The van der Waals surface area contributed by atoms with Gasteiger partial charge in [0.05, 0.1) is 10.6 Å². The Kier molecular flexibility index (Phi) is 11.5. The van der Waals surface area contributed by atoms with Gasteiger partial charge in [-0.2, -0.15) is 0 Å². The molecule has 0 saturated carbocycles. The molecule has 0 spiro atoms. The molecule has 4 aromatic carbocycles. The van der Waals surface area contributed by atoms with E-state index in [-0.39, 0.29) is 29.7 Å². The first-order valence-electron chi connectivity index (χ1n) is 15.3. The molecule has 0 saturated heterocycles. The molecule has 0 aliphatic heterocycles. The van der Waals surface area contributed by atoms with Crippen LogP contribution in [-0.2, 0) is 32.6 Å². The number of benzene rings is 4. The first-order valence-corrected chi connectivity index (χ1v) is 17.6. The Morgan fingerprint density at radius 3 is 1.96 bits per heavy atom. The zero-order valence-corrected chi connectivity index (χ0v) is 29.4. The second kappa shape index (κ2) is 15.1. The van der Waals surface area contributed by atoms with Crippen LogP contribution in [0.25, 0.3) is 0 Å². The number of nitrogens with one attached hydrogen (secondary N) is 1. The summed E-state index contributed by atoms with van der Waals surface area (Å²) in [4.78, 5) is 30.2. The van der Waals surface area contributed by atoms with E-state index < -0.39 is 34.1 Å². The minimum Gasteiger partial charge on any atom is -0.350 e. The van der Waals surface area contributed by atoms with Gasteiger partial charge in [-0.1, -0.05) is 103 Å². The molecule has 46 heavy (non-hydrogen) atoms. The third-order valence-corrected chi connectivity index (χ3v) is 9.75. The summed E-state index contributed by atoms with van der Waals surface area (Å²) in [5.41, 5.74) is 2.52. The summed E-state index contributed by atoms with van der Waals surface area (Å²) in [5, 5.41) is 3.06. The maximum atomic E-state index is 14.6. The monoisotopic (exact) mass is 703 g/mol. The van der Waals surface area contributed by atoms with Crippen molar-refractivity contribution in [3.05, 3.63) is 130 Å². The number of hydrogen-bond donors (Lipinski definition) is 1. The van der Waals surface area contributed by atoms with Crippen LogP contribution in [0, 0.1) is 0 Å². The van der Waals surface area contributed by atoms with Gasteiger partial charge in [-0.25, -0.2) is 8.42 Å². The molecular weight excluding hydrogens is 662 g/mol. The van der Waals surface area contributed by atoms with Crippen molar-refractivity contribution >= 4 is 43.5 Å². The molecule has 0 aliphatic carbocycles. The van der Waals surface area contributed by atoms with Crippen LogP contribution in [-0.4, -0.2) is 43.3 Å². The molecule has 2 amide bonds. The van der Waals surface area contributed by atoms with E-state index in [9.17, 15) is 18.0 Å². The van der Waals surface area contributed by atoms with E-state index >= 15 is 0 Å². The van der Waals surface area contributed by atoms with Crippen LogP contribution in [0.3, 0.4) is 0 Å². The normalized spacial score (nSPS) is 12.4. The Bertz CT molecular complexity index is 1720. The fraction of sp³-hybridized carbons (Fsp3) is 0.297. The molecular formula is C37H42BrN3O4S. The van der Waals surface area contributed by atoms with E-state index in [1.54, 1.807) is 30.3 Å². The van der Waals surface area contributed by atoms with E-state index in [0.29, 0.717) is 5.69 Å². The minimum absolute atomic E-state index is 0.0700. The van der Waals surface area contributed by atoms with E-state index in [1.165, 1.54) is 17.0 Å². The maximum Gasteiger partial charge on any atom is 0.264 e. The van der Waals surface area contributed by atoms with Crippen molar-refractivity contribution in [2.24, 2.45) is 0 Å². The lowest BCUT2D eigenvalue weighted by Gasteiger charge is -2.35. The lowest BCUT2D eigenvalue weighted by atomic mass is 10.0. The predicted octanol–water partition coefficient (Wildman–Crippen LogP) is 7.32. The van der Waals surface area contributed by atoms with Gasteiger partial charge in [0, 0.05) is 23.0 Å². The number of halogens is 1. The fourth-order valence-electron chi connectivity index (χ4n) is 5.11. The quantitative estimate of drug-likeness (QED) is 0.168. The molecule has 0 radical (unpaired) electrons. The number of rotatable bonds is 12. The Labute approximate surface area is 281 Å². The lowest BCUT2D eigenvalue weighted by molar-refractivity contribution is -0.140. The lowest BCUT2D eigenvalue weighted by Crippen LogP contribution is -2.56. The Hall–Kier alpha value is -3.95. The van der Waals surface area contributed by atoms with Crippen molar-refractivity contribution in [1.82, 2.24) is 10.2 Å². The highest BCUT2D eigenvalue weighted by molar-refractivity contribution is 9.10. The summed E-state index contributed by atoms with van der Waals surface area (Å²) in [5.74, 6) is -0.577. The standard InChI is InChI=1S/C37H42BrN3O4S/c1-27(2)30-19-21-32(22-20-30)41(46(44,45)33-17-10-7-11-18-33)26-35(42)40(25-29-15-12-16-31(38)23-29)34(36(43)39-37(3,4)5)24-28-13-8-6-9-14-28/h6-23,27,34H,24-26H2,1-5H3,(H,39,43)/t34-/m0/s1. The van der Waals surface area contributed by atoms with Gasteiger partial charge in [-0.15, -0.1) is 0 Å². The van der Waals surface area contributed by atoms with E-state index in [0.717, 1.165) is 25.5 Å². The molecule has 0 unspecified atom stereocenters. The average Bonchev–Trinajstić information content (AvgIpc) is 3.01. The van der Waals surface area contributed by atoms with Crippen LogP contribution in [0.1, 0.15) is 57.2 Å². The highest BCUT2D eigenvalue weighted by Gasteiger charge is 2.35. The summed E-state index contributed by atoms with van der Waals surface area (Å²) >= 11 is 3.52. The molecule has 0 heterocycles. The second-order valence-corrected chi connectivity index (χ2v) is 15.4. The first kappa shape index (κ1) is 34.9. The van der Waals surface area contributed by atoms with Crippen molar-refractivity contribution in [2.75, 3.05) is 10.8 Å². The van der Waals surface area contributed by atoms with Crippen molar-refractivity contribution in [2.45, 2.75) is 70.0 Å². The van der Waals surface area contributed by atoms with Crippen LogP contribution >= 0.6 is 15.9 Å². The number of sulfonamides is 1. The Balaban J connectivity index is 1.82. The number of nitrogens with zero attached hydrogens (tertiary/aromatic N) is 2. The van der Waals surface area contributed by atoms with Gasteiger partial charge in [-0.3, -0.25) is 13.9 Å². The Morgan fingerprint density at radius 2 is 1.39 bits per heavy atom. The van der Waals surface area contributed by atoms with Crippen molar-refractivity contribution in [3.8, 4) is 0 Å². The highest BCUT2D eigenvalue weighted by Crippen LogP contribution is 2.27. The number of hydrogen-bond acceptors (Lipinski definition) is 4. The third-order valence-electron chi connectivity index (χ3n) is 7.47. The summed E-state index contributed by atoms with van der Waals surface area (Å²) < 4.78 is 30.3. The molecule has 1 N–H and O–H groups in total. The summed E-state index contributed by atoms with van der Waals surface area (Å²) in [6.45, 7) is 9.39. The van der Waals surface area contributed by atoms with Gasteiger partial charge in [0.25, 0.3) is 10.0 Å². The van der Waals surface area contributed by atoms with Gasteiger partial charge in [0.1, 0.15) is 12.6 Å².